The van der Waals surface area contributed by atoms with Crippen molar-refractivity contribution in [1.29, 1.82) is 0 Å². The second-order valence-electron chi connectivity index (χ2n) is 14.9. The number of hydrogen-bond acceptors (Lipinski definition) is 7. The molecule has 5 aliphatic rings. The van der Waals surface area contributed by atoms with Gasteiger partial charge in [-0.2, -0.15) is 0 Å². The van der Waals surface area contributed by atoms with Crippen LogP contribution in [0.5, 0.6) is 0 Å². The number of rotatable bonds is 4. The van der Waals surface area contributed by atoms with Crippen molar-refractivity contribution in [3.8, 4) is 0 Å². The number of anilines is 1. The van der Waals surface area contributed by atoms with Crippen molar-refractivity contribution in [2.75, 3.05) is 58.4 Å². The summed E-state index contributed by atoms with van der Waals surface area (Å²) in [5.41, 5.74) is 12.6. The zero-order valence-electron chi connectivity index (χ0n) is 32.9. The van der Waals surface area contributed by atoms with Crippen LogP contribution >= 0.6 is 0 Å². The topological polar surface area (TPSA) is 70.2 Å². The Labute approximate surface area is 336 Å². The van der Waals surface area contributed by atoms with E-state index in [4.69, 9.17) is 4.74 Å². The number of piperidine rings is 1. The van der Waals surface area contributed by atoms with E-state index in [-0.39, 0.29) is 17.3 Å². The number of morpholine rings is 1. The van der Waals surface area contributed by atoms with Crippen LogP contribution in [0.25, 0.3) is 17.0 Å². The van der Waals surface area contributed by atoms with Gasteiger partial charge >= 0.3 is 0 Å². The molecule has 0 N–H and O–H groups in total. The summed E-state index contributed by atoms with van der Waals surface area (Å²) in [4.78, 5) is 43.0. The molecule has 57 heavy (non-hydrogen) atoms. The zero-order chi connectivity index (χ0) is 40.1. The molecule has 288 valence electrons. The van der Waals surface area contributed by atoms with E-state index >= 15 is 0 Å². The number of allylic oxidation sites excluding steroid dienone is 6. The summed E-state index contributed by atoms with van der Waals surface area (Å²) in [5.74, 6) is 0.105. The molecule has 0 atom stereocenters. The van der Waals surface area contributed by atoms with E-state index in [1.165, 1.54) is 25.0 Å². The molecule has 2 aliphatic heterocycles. The molecular weight excluding hydrogens is 707 g/mol. The molecule has 4 aromatic carbocycles. The molecule has 0 aromatic heterocycles. The molecule has 3 aliphatic carbocycles. The number of fused-ring (bicyclic) bond motifs is 3. The second-order valence-corrected chi connectivity index (χ2v) is 14.9. The Balaban J connectivity index is 0.000000131. The second kappa shape index (κ2) is 17.2. The molecular formula is C50H49N3O4. The highest BCUT2D eigenvalue weighted by molar-refractivity contribution is 6.18. The SMILES string of the molecule is C=C1C=C(N2CCCCC2)c2ccccc2C1=O.C=C1C=C(N2CCOCC2)c2ccccc2C1=O.C=C1C=C(c2ccc(N(C)C)cc2)c2ccccc2C1=O. The Kier molecular flexibility index (Phi) is 11.8. The Morgan fingerprint density at radius 1 is 0.491 bits per heavy atom. The van der Waals surface area contributed by atoms with Crippen molar-refractivity contribution in [2.45, 2.75) is 19.3 Å². The smallest absolute Gasteiger partial charge is 0.193 e. The Morgan fingerprint density at radius 2 is 0.895 bits per heavy atom. The Bertz CT molecular complexity index is 2250. The van der Waals surface area contributed by atoms with E-state index in [9.17, 15) is 14.4 Å². The summed E-state index contributed by atoms with van der Waals surface area (Å²) in [6, 6.07) is 31.6. The van der Waals surface area contributed by atoms with Gasteiger partial charge in [-0.3, -0.25) is 14.4 Å². The molecule has 2 heterocycles. The first kappa shape index (κ1) is 38.9. The summed E-state index contributed by atoms with van der Waals surface area (Å²) < 4.78 is 5.37. The molecule has 0 radical (unpaired) electrons. The quantitative estimate of drug-likeness (QED) is 0.192. The molecule has 0 saturated carbocycles. The van der Waals surface area contributed by atoms with Crippen LogP contribution in [0.1, 0.15) is 72.6 Å². The first-order chi connectivity index (χ1) is 27.6. The van der Waals surface area contributed by atoms with Gasteiger partial charge in [0.1, 0.15) is 0 Å². The van der Waals surface area contributed by atoms with Gasteiger partial charge in [-0.25, -0.2) is 0 Å². The lowest BCUT2D eigenvalue weighted by Gasteiger charge is -2.33. The third-order valence-electron chi connectivity index (χ3n) is 10.9. The van der Waals surface area contributed by atoms with Crippen LogP contribution in [-0.4, -0.2) is 80.6 Å². The number of hydrogen-bond donors (Lipinski definition) is 0. The minimum atomic E-state index is 0.0132. The number of benzene rings is 4. The molecule has 2 saturated heterocycles. The highest BCUT2D eigenvalue weighted by atomic mass is 16.5. The van der Waals surface area contributed by atoms with E-state index in [0.29, 0.717) is 16.7 Å². The van der Waals surface area contributed by atoms with Gasteiger partial charge in [-0.1, -0.05) is 105 Å². The van der Waals surface area contributed by atoms with Gasteiger partial charge in [-0.15, -0.1) is 0 Å². The fourth-order valence-corrected chi connectivity index (χ4v) is 7.82. The summed E-state index contributed by atoms with van der Waals surface area (Å²) in [7, 11) is 4.04. The van der Waals surface area contributed by atoms with Crippen LogP contribution in [0.15, 0.2) is 152 Å². The molecule has 7 nitrogen and oxygen atoms in total. The normalized spacial score (nSPS) is 17.4. The van der Waals surface area contributed by atoms with E-state index < -0.39 is 0 Å². The van der Waals surface area contributed by atoms with Gasteiger partial charge < -0.3 is 19.4 Å². The predicted molar refractivity (Wildman–Crippen MR) is 231 cm³/mol. The van der Waals surface area contributed by atoms with Crippen LogP contribution < -0.4 is 4.90 Å². The number of ether oxygens (including phenoxy) is 1. The number of nitrogens with zero attached hydrogens (tertiary/aromatic N) is 3. The summed E-state index contributed by atoms with van der Waals surface area (Å²) in [6.07, 6.45) is 9.52. The van der Waals surface area contributed by atoms with Gasteiger partial charge in [0, 0.05) is 102 Å². The Morgan fingerprint density at radius 3 is 1.37 bits per heavy atom. The average Bonchev–Trinajstić information content (AvgIpc) is 3.26. The summed E-state index contributed by atoms with van der Waals surface area (Å²) >= 11 is 0. The summed E-state index contributed by atoms with van der Waals surface area (Å²) in [6.45, 7) is 17.0. The van der Waals surface area contributed by atoms with Gasteiger partial charge in [0.15, 0.2) is 17.3 Å². The zero-order valence-corrected chi connectivity index (χ0v) is 32.9. The molecule has 4 aromatic rings. The largest absolute Gasteiger partial charge is 0.378 e. The van der Waals surface area contributed by atoms with Crippen molar-refractivity contribution in [1.82, 2.24) is 9.80 Å². The van der Waals surface area contributed by atoms with Crippen LogP contribution in [0.2, 0.25) is 0 Å². The highest BCUT2D eigenvalue weighted by Crippen LogP contribution is 2.35. The number of carbonyl (C=O) groups is 3. The van der Waals surface area contributed by atoms with E-state index in [1.807, 2.05) is 105 Å². The molecule has 0 bridgehead atoms. The predicted octanol–water partition coefficient (Wildman–Crippen LogP) is 9.31. The first-order valence-corrected chi connectivity index (χ1v) is 19.6. The third kappa shape index (κ3) is 8.30. The molecule has 0 amide bonds. The van der Waals surface area contributed by atoms with Gasteiger partial charge in [0.25, 0.3) is 0 Å². The average molecular weight is 756 g/mol. The van der Waals surface area contributed by atoms with Crippen LogP contribution in [0.3, 0.4) is 0 Å². The fraction of sp³-hybridized carbons (Fsp3) is 0.220. The minimum absolute atomic E-state index is 0.0132. The number of ketones is 3. The van der Waals surface area contributed by atoms with Gasteiger partial charge in [-0.05, 0) is 66.3 Å². The van der Waals surface area contributed by atoms with Crippen LogP contribution in [-0.2, 0) is 4.74 Å². The van der Waals surface area contributed by atoms with Crippen molar-refractivity contribution in [3.05, 3.63) is 191 Å². The van der Waals surface area contributed by atoms with E-state index in [1.54, 1.807) is 0 Å². The van der Waals surface area contributed by atoms with E-state index in [0.717, 1.165) is 95.3 Å². The monoisotopic (exact) mass is 755 g/mol. The number of carbonyl (C=O) groups excluding carboxylic acids is 3. The highest BCUT2D eigenvalue weighted by Gasteiger charge is 2.27. The number of Topliss-reactive ketones (excluding diaryl/α,β-unsaturated/α-hetero) is 3. The molecule has 2 fully saturated rings. The lowest BCUT2D eigenvalue weighted by molar-refractivity contribution is 0.0638. The molecule has 0 unspecified atom stereocenters. The molecule has 0 spiro atoms. The van der Waals surface area contributed by atoms with Crippen molar-refractivity contribution in [3.63, 3.8) is 0 Å². The fourth-order valence-electron chi connectivity index (χ4n) is 7.82. The lowest BCUT2D eigenvalue weighted by Crippen LogP contribution is -2.36. The maximum absolute atomic E-state index is 12.2. The maximum Gasteiger partial charge on any atom is 0.193 e. The van der Waals surface area contributed by atoms with E-state index in [2.05, 4.69) is 58.7 Å². The summed E-state index contributed by atoms with van der Waals surface area (Å²) in [5, 5.41) is 0. The van der Waals surface area contributed by atoms with Gasteiger partial charge in [0.05, 0.1) is 13.2 Å². The number of likely N-dealkylation sites (tertiary alicyclic amines) is 1. The van der Waals surface area contributed by atoms with Crippen molar-refractivity contribution >= 4 is 40.0 Å². The minimum Gasteiger partial charge on any atom is -0.378 e. The Hall–Kier alpha value is -6.31. The van der Waals surface area contributed by atoms with Crippen LogP contribution in [0.4, 0.5) is 5.69 Å². The van der Waals surface area contributed by atoms with Crippen LogP contribution in [0, 0.1) is 0 Å². The standard InChI is InChI=1S/C19H17NO.C16H17NO.C15H15NO2/c1-13-12-18(14-8-10-15(11-9-14)20(2)3)16-6-4-5-7-17(16)19(13)21;1-12-11-15(17-9-5-2-6-10-17)13-7-3-4-8-14(13)16(12)18;1-11-10-14(16-6-8-18-9-7-16)12-4-2-3-5-13(12)15(11)17/h4-12H,1H2,2-3H3;3-4,7-8,11H,1-2,5-6,9-10H2;2-5,10H,1,6-9H2. The lowest BCUT2D eigenvalue weighted by atomic mass is 9.84. The first-order valence-electron chi connectivity index (χ1n) is 19.6. The molecule has 7 heteroatoms. The van der Waals surface area contributed by atoms with Crippen molar-refractivity contribution < 1.29 is 19.1 Å². The molecule has 9 rings (SSSR count). The van der Waals surface area contributed by atoms with Gasteiger partial charge in [0.2, 0.25) is 0 Å². The van der Waals surface area contributed by atoms with Crippen molar-refractivity contribution in [2.24, 2.45) is 0 Å². The maximum atomic E-state index is 12.2. The third-order valence-corrected chi connectivity index (χ3v) is 10.9.